The molecule has 1 aliphatic heterocycles. The lowest BCUT2D eigenvalue weighted by atomic mass is 9.94. The highest BCUT2D eigenvalue weighted by molar-refractivity contribution is 7.14. The quantitative estimate of drug-likeness (QED) is 0.408. The maximum atomic E-state index is 13.2. The molecule has 1 aromatic carbocycles. The van der Waals surface area contributed by atoms with Gasteiger partial charge >= 0.3 is 18.5 Å². The molecule has 0 unspecified atom stereocenters. The zero-order valence-corrected chi connectivity index (χ0v) is 15.2. The Morgan fingerprint density at radius 2 is 1.33 bits per heavy atom. The Hall–Kier alpha value is -2.12. The van der Waals surface area contributed by atoms with Gasteiger partial charge in [-0.2, -0.15) is 39.5 Å². The Morgan fingerprint density at radius 1 is 0.833 bits per heavy atom. The van der Waals surface area contributed by atoms with Gasteiger partial charge in [-0.05, 0) is 24.3 Å². The van der Waals surface area contributed by atoms with E-state index in [2.05, 4.69) is 0 Å². The number of carbonyl (C=O) groups excluding carboxylic acids is 1. The number of ether oxygens (including phenoxy) is 2. The first-order valence-corrected chi connectivity index (χ1v) is 8.78. The zero-order valence-electron chi connectivity index (χ0n) is 14.3. The first-order chi connectivity index (χ1) is 13.7. The van der Waals surface area contributed by atoms with E-state index in [0.717, 1.165) is 6.07 Å². The van der Waals surface area contributed by atoms with E-state index in [1.54, 1.807) is 0 Å². The molecule has 0 N–H and O–H groups in total. The topological polar surface area (TPSA) is 35.5 Å². The van der Waals surface area contributed by atoms with Crippen LogP contribution in [-0.4, -0.2) is 19.0 Å². The highest BCUT2D eigenvalue weighted by Gasteiger charge is 2.50. The summed E-state index contributed by atoms with van der Waals surface area (Å²) in [4.78, 5) is 12.5. The number of halogens is 9. The molecule has 0 amide bonds. The maximum absolute atomic E-state index is 13.2. The molecule has 1 aliphatic rings. The third-order valence-corrected chi connectivity index (χ3v) is 5.11. The Bertz CT molecular complexity index is 916. The van der Waals surface area contributed by atoms with Crippen molar-refractivity contribution >= 4 is 17.1 Å². The summed E-state index contributed by atoms with van der Waals surface area (Å²) >= 11 is 0.685. The third-order valence-electron chi connectivity index (χ3n) is 4.00. The van der Waals surface area contributed by atoms with Crippen LogP contribution in [0.25, 0.3) is 0 Å². The fourth-order valence-corrected chi connectivity index (χ4v) is 3.76. The van der Waals surface area contributed by atoms with Gasteiger partial charge in [-0.3, -0.25) is 4.79 Å². The number of ketones is 1. The monoisotopic (exact) mass is 464 g/mol. The van der Waals surface area contributed by atoms with E-state index in [1.807, 2.05) is 0 Å². The third kappa shape index (κ3) is 4.47. The predicted molar refractivity (Wildman–Crippen MR) is 83.8 cm³/mol. The first kappa shape index (κ1) is 22.6. The largest absolute Gasteiger partial charge is 0.417 e. The Labute approximate surface area is 166 Å². The predicted octanol–water partition coefficient (Wildman–Crippen LogP) is 6.08. The van der Waals surface area contributed by atoms with Crippen molar-refractivity contribution in [2.75, 3.05) is 13.2 Å². The molecule has 13 heteroatoms. The number of thiophene rings is 1. The first-order valence-electron chi connectivity index (χ1n) is 7.97. The summed E-state index contributed by atoms with van der Waals surface area (Å²) in [6.07, 6.45) is -18.4. The van der Waals surface area contributed by atoms with E-state index in [4.69, 9.17) is 9.47 Å². The second-order valence-corrected chi connectivity index (χ2v) is 7.16. The molecule has 1 saturated heterocycles. The van der Waals surface area contributed by atoms with Crippen LogP contribution in [0.15, 0.2) is 24.3 Å². The van der Waals surface area contributed by atoms with Crippen LogP contribution in [0.2, 0.25) is 0 Å². The van der Waals surface area contributed by atoms with Crippen molar-refractivity contribution < 1.29 is 53.8 Å². The average Bonchev–Trinajstić information content (AvgIpc) is 3.28. The SMILES string of the molecule is O=C(c1cc(C(F)(F)F)c(C(F)(F)F)c(C(F)(F)F)c1)c1ccc(C2OCCO2)s1. The fraction of sp³-hybridized carbons (Fsp3) is 0.353. The Kier molecular flexibility index (Phi) is 5.67. The Morgan fingerprint density at radius 3 is 1.77 bits per heavy atom. The summed E-state index contributed by atoms with van der Waals surface area (Å²) in [6, 6.07) is 2.00. The van der Waals surface area contributed by atoms with E-state index in [-0.39, 0.29) is 30.2 Å². The molecule has 3 rings (SSSR count). The highest BCUT2D eigenvalue weighted by atomic mass is 32.1. The molecule has 0 spiro atoms. The van der Waals surface area contributed by atoms with Crippen LogP contribution in [0.5, 0.6) is 0 Å². The average molecular weight is 464 g/mol. The number of carbonyl (C=O) groups is 1. The maximum Gasteiger partial charge on any atom is 0.417 e. The molecule has 1 aromatic heterocycles. The minimum absolute atomic E-state index is 0.220. The smallest absolute Gasteiger partial charge is 0.345 e. The number of hydrogen-bond donors (Lipinski definition) is 0. The van der Waals surface area contributed by atoms with E-state index in [0.29, 0.717) is 16.2 Å². The normalized spacial score (nSPS) is 16.3. The molecular formula is C17H9F9O3S. The van der Waals surface area contributed by atoms with Gasteiger partial charge in [0.1, 0.15) is 0 Å². The van der Waals surface area contributed by atoms with Crippen molar-refractivity contribution in [2.24, 2.45) is 0 Å². The van der Waals surface area contributed by atoms with Gasteiger partial charge in [-0.15, -0.1) is 11.3 Å². The van der Waals surface area contributed by atoms with Crippen molar-refractivity contribution in [2.45, 2.75) is 24.8 Å². The molecule has 0 saturated carbocycles. The molecule has 3 nitrogen and oxygen atoms in total. The van der Waals surface area contributed by atoms with E-state index in [1.165, 1.54) is 6.07 Å². The second-order valence-electron chi connectivity index (χ2n) is 6.04. The minimum Gasteiger partial charge on any atom is -0.345 e. The summed E-state index contributed by atoms with van der Waals surface area (Å²) in [6.45, 7) is 0.489. The molecule has 0 bridgehead atoms. The van der Waals surface area contributed by atoms with Crippen LogP contribution in [0, 0.1) is 0 Å². The van der Waals surface area contributed by atoms with Crippen LogP contribution >= 0.6 is 11.3 Å². The van der Waals surface area contributed by atoms with Gasteiger partial charge in [-0.25, -0.2) is 0 Å². The van der Waals surface area contributed by atoms with E-state index >= 15 is 0 Å². The summed E-state index contributed by atoms with van der Waals surface area (Å²) in [5.41, 5.74) is -9.25. The van der Waals surface area contributed by atoms with Crippen molar-refractivity contribution in [3.63, 3.8) is 0 Å². The van der Waals surface area contributed by atoms with Gasteiger partial charge < -0.3 is 9.47 Å². The van der Waals surface area contributed by atoms with Crippen molar-refractivity contribution in [3.05, 3.63) is 56.3 Å². The van der Waals surface area contributed by atoms with Gasteiger partial charge in [0, 0.05) is 5.56 Å². The lowest BCUT2D eigenvalue weighted by Gasteiger charge is -2.21. The van der Waals surface area contributed by atoms with Gasteiger partial charge in [0.25, 0.3) is 0 Å². The van der Waals surface area contributed by atoms with Crippen molar-refractivity contribution in [1.82, 2.24) is 0 Å². The lowest BCUT2D eigenvalue weighted by molar-refractivity contribution is -0.174. The van der Waals surface area contributed by atoms with Crippen molar-refractivity contribution in [3.8, 4) is 0 Å². The minimum atomic E-state index is -5.95. The second kappa shape index (κ2) is 7.54. The number of hydrogen-bond acceptors (Lipinski definition) is 4. The van der Waals surface area contributed by atoms with E-state index < -0.39 is 52.9 Å². The molecular weight excluding hydrogens is 455 g/mol. The molecule has 164 valence electrons. The van der Waals surface area contributed by atoms with Crippen LogP contribution in [0.4, 0.5) is 39.5 Å². The van der Waals surface area contributed by atoms with Gasteiger partial charge in [0.05, 0.1) is 39.7 Å². The number of alkyl halides is 9. The highest BCUT2D eigenvalue weighted by Crippen LogP contribution is 2.47. The van der Waals surface area contributed by atoms with Crippen LogP contribution in [0.3, 0.4) is 0 Å². The summed E-state index contributed by atoms with van der Waals surface area (Å²) in [5, 5.41) is 0. The molecule has 2 heterocycles. The molecule has 2 aromatic rings. The van der Waals surface area contributed by atoms with E-state index in [9.17, 15) is 44.3 Å². The summed E-state index contributed by atoms with van der Waals surface area (Å²) in [5.74, 6) is -1.30. The zero-order chi connectivity index (χ0) is 22.5. The van der Waals surface area contributed by atoms with Crippen molar-refractivity contribution in [1.29, 1.82) is 0 Å². The Balaban J connectivity index is 2.14. The number of rotatable bonds is 3. The van der Waals surface area contributed by atoms with Crippen LogP contribution in [0.1, 0.15) is 43.1 Å². The van der Waals surface area contributed by atoms with Gasteiger partial charge in [0.2, 0.25) is 5.78 Å². The lowest BCUT2D eigenvalue weighted by Crippen LogP contribution is -2.24. The van der Waals surface area contributed by atoms with Crippen LogP contribution in [-0.2, 0) is 28.0 Å². The standard InChI is InChI=1S/C17H9F9O3S/c18-15(19,20)8-5-7(6-9(16(21,22)23)12(8)17(24,25)26)13(27)10-1-2-11(30-10)14-28-3-4-29-14/h1-2,5-6,14H,3-4H2. The molecule has 30 heavy (non-hydrogen) atoms. The summed E-state index contributed by atoms with van der Waals surface area (Å²) in [7, 11) is 0. The number of benzene rings is 1. The summed E-state index contributed by atoms with van der Waals surface area (Å²) < 4.78 is 129. The molecule has 0 atom stereocenters. The van der Waals surface area contributed by atoms with Gasteiger partial charge in [-0.1, -0.05) is 0 Å². The molecule has 0 aliphatic carbocycles. The molecule has 1 fully saturated rings. The van der Waals surface area contributed by atoms with Crippen LogP contribution < -0.4 is 0 Å². The van der Waals surface area contributed by atoms with Gasteiger partial charge in [0.15, 0.2) is 6.29 Å². The fourth-order valence-electron chi connectivity index (χ4n) is 2.79. The molecule has 0 radical (unpaired) electrons.